The van der Waals surface area contributed by atoms with Gasteiger partial charge in [-0.15, -0.1) is 11.6 Å². The number of rotatable bonds is 5. The van der Waals surface area contributed by atoms with E-state index in [-0.39, 0.29) is 5.41 Å². The smallest absolute Gasteiger partial charge is 0.0348 e. The van der Waals surface area contributed by atoms with Gasteiger partial charge in [-0.1, -0.05) is 39.0 Å². The first-order valence-electron chi connectivity index (χ1n) is 6.32. The summed E-state index contributed by atoms with van der Waals surface area (Å²) in [5, 5.41) is 3.34. The minimum absolute atomic E-state index is 0.228. The molecule has 0 spiro atoms. The summed E-state index contributed by atoms with van der Waals surface area (Å²) in [4.78, 5) is 0. The summed E-state index contributed by atoms with van der Waals surface area (Å²) in [6.45, 7) is 10.8. The van der Waals surface area contributed by atoms with Crippen molar-refractivity contribution in [3.63, 3.8) is 0 Å². The first-order valence-corrected chi connectivity index (χ1v) is 6.85. The van der Waals surface area contributed by atoms with E-state index in [1.807, 2.05) is 0 Å². The lowest BCUT2D eigenvalue weighted by atomic mass is 9.85. The Hall–Kier alpha value is -0.530. The summed E-state index contributed by atoms with van der Waals surface area (Å²) in [6.07, 6.45) is 1.08. The van der Waals surface area contributed by atoms with Crippen molar-refractivity contribution in [2.45, 2.75) is 39.5 Å². The minimum atomic E-state index is 0.228. The van der Waals surface area contributed by atoms with Crippen LogP contribution in [0, 0.1) is 6.92 Å². The highest BCUT2D eigenvalue weighted by molar-refractivity contribution is 6.18. The standard InChI is InChI=1S/C15H24ClN/c1-12-5-6-14(15(2,3)4)11-13(12)7-9-17-10-8-16/h5-6,11,17H,7-10H2,1-4H3. The Kier molecular flexibility index (Phi) is 5.48. The Bertz CT molecular complexity index is 352. The van der Waals surface area contributed by atoms with Crippen LogP contribution in [0.1, 0.15) is 37.5 Å². The van der Waals surface area contributed by atoms with Gasteiger partial charge in [-0.2, -0.15) is 0 Å². The van der Waals surface area contributed by atoms with Crippen molar-refractivity contribution >= 4 is 11.6 Å². The molecule has 0 saturated carbocycles. The summed E-state index contributed by atoms with van der Waals surface area (Å²) in [5.74, 6) is 0.682. The van der Waals surface area contributed by atoms with Crippen molar-refractivity contribution in [1.82, 2.24) is 5.32 Å². The second-order valence-corrected chi connectivity index (χ2v) is 5.96. The molecule has 1 N–H and O–H groups in total. The molecule has 2 heteroatoms. The van der Waals surface area contributed by atoms with E-state index in [4.69, 9.17) is 11.6 Å². The second-order valence-electron chi connectivity index (χ2n) is 5.58. The third kappa shape index (κ3) is 4.69. The average molecular weight is 254 g/mol. The van der Waals surface area contributed by atoms with E-state index in [9.17, 15) is 0 Å². The van der Waals surface area contributed by atoms with Crippen LogP contribution in [-0.4, -0.2) is 19.0 Å². The third-order valence-electron chi connectivity index (χ3n) is 3.06. The van der Waals surface area contributed by atoms with Crippen LogP contribution in [0.25, 0.3) is 0 Å². The van der Waals surface area contributed by atoms with Crippen LogP contribution in [0.15, 0.2) is 18.2 Å². The van der Waals surface area contributed by atoms with Crippen LogP contribution in [0.5, 0.6) is 0 Å². The molecule has 0 aliphatic rings. The molecule has 96 valence electrons. The zero-order chi connectivity index (χ0) is 12.9. The van der Waals surface area contributed by atoms with Gasteiger partial charge in [0.1, 0.15) is 0 Å². The lowest BCUT2D eigenvalue weighted by molar-refractivity contribution is 0.588. The molecule has 0 saturated heterocycles. The molecule has 1 aromatic carbocycles. The predicted octanol–water partition coefficient (Wildman–Crippen LogP) is 3.66. The van der Waals surface area contributed by atoms with Crippen molar-refractivity contribution in [1.29, 1.82) is 0 Å². The normalized spacial score (nSPS) is 11.8. The fourth-order valence-corrected chi connectivity index (χ4v) is 1.96. The first-order chi connectivity index (χ1) is 7.95. The van der Waals surface area contributed by atoms with Crippen molar-refractivity contribution in [3.05, 3.63) is 34.9 Å². The highest BCUT2D eigenvalue weighted by Crippen LogP contribution is 2.24. The number of aryl methyl sites for hydroxylation is 1. The van der Waals surface area contributed by atoms with Gasteiger partial charge in [0.15, 0.2) is 0 Å². The molecule has 0 unspecified atom stereocenters. The topological polar surface area (TPSA) is 12.0 Å². The van der Waals surface area contributed by atoms with Gasteiger partial charge in [0.2, 0.25) is 0 Å². The Morgan fingerprint density at radius 2 is 1.88 bits per heavy atom. The van der Waals surface area contributed by atoms with Gasteiger partial charge in [0.05, 0.1) is 0 Å². The summed E-state index contributed by atoms with van der Waals surface area (Å²) >= 11 is 5.64. The number of alkyl halides is 1. The fourth-order valence-electron chi connectivity index (χ4n) is 1.82. The molecule has 1 aromatic rings. The highest BCUT2D eigenvalue weighted by atomic mass is 35.5. The highest BCUT2D eigenvalue weighted by Gasteiger charge is 2.14. The predicted molar refractivity (Wildman–Crippen MR) is 77.2 cm³/mol. The van der Waals surface area contributed by atoms with Crippen LogP contribution < -0.4 is 5.32 Å². The van der Waals surface area contributed by atoms with Crippen molar-refractivity contribution < 1.29 is 0 Å². The SMILES string of the molecule is Cc1ccc(C(C)(C)C)cc1CCNCCCl. The molecule has 0 heterocycles. The van der Waals surface area contributed by atoms with Crippen LogP contribution in [0.2, 0.25) is 0 Å². The zero-order valence-electron chi connectivity index (χ0n) is 11.4. The summed E-state index contributed by atoms with van der Waals surface area (Å²) < 4.78 is 0. The Morgan fingerprint density at radius 3 is 2.47 bits per heavy atom. The average Bonchev–Trinajstić information content (AvgIpc) is 2.25. The van der Waals surface area contributed by atoms with Crippen LogP contribution in [0.3, 0.4) is 0 Å². The molecule has 0 bridgehead atoms. The fraction of sp³-hybridized carbons (Fsp3) is 0.600. The lowest BCUT2D eigenvalue weighted by Crippen LogP contribution is -2.20. The number of hydrogen-bond donors (Lipinski definition) is 1. The monoisotopic (exact) mass is 253 g/mol. The Morgan fingerprint density at radius 1 is 1.18 bits per heavy atom. The van der Waals surface area contributed by atoms with E-state index in [1.54, 1.807) is 0 Å². The van der Waals surface area contributed by atoms with Gasteiger partial charge in [-0.3, -0.25) is 0 Å². The number of benzene rings is 1. The van der Waals surface area contributed by atoms with Gasteiger partial charge in [-0.05, 0) is 42.0 Å². The summed E-state index contributed by atoms with van der Waals surface area (Å²) in [7, 11) is 0. The quantitative estimate of drug-likeness (QED) is 0.624. The molecular weight excluding hydrogens is 230 g/mol. The third-order valence-corrected chi connectivity index (χ3v) is 3.25. The van der Waals surface area contributed by atoms with Crippen LogP contribution >= 0.6 is 11.6 Å². The molecular formula is C15H24ClN. The van der Waals surface area contributed by atoms with Gasteiger partial charge in [0.25, 0.3) is 0 Å². The molecule has 0 aromatic heterocycles. The molecule has 0 fully saturated rings. The summed E-state index contributed by atoms with van der Waals surface area (Å²) in [5.41, 5.74) is 4.46. The van der Waals surface area contributed by atoms with Gasteiger partial charge in [0, 0.05) is 12.4 Å². The number of hydrogen-bond acceptors (Lipinski definition) is 1. The van der Waals surface area contributed by atoms with E-state index < -0.39 is 0 Å². The molecule has 1 nitrogen and oxygen atoms in total. The number of nitrogens with one attached hydrogen (secondary N) is 1. The zero-order valence-corrected chi connectivity index (χ0v) is 12.2. The van der Waals surface area contributed by atoms with E-state index >= 15 is 0 Å². The Labute approximate surface area is 111 Å². The van der Waals surface area contributed by atoms with Crippen LogP contribution in [-0.2, 0) is 11.8 Å². The maximum absolute atomic E-state index is 5.64. The molecule has 0 radical (unpaired) electrons. The summed E-state index contributed by atoms with van der Waals surface area (Å²) in [6, 6.07) is 6.82. The molecule has 0 atom stereocenters. The van der Waals surface area contributed by atoms with Gasteiger partial charge >= 0.3 is 0 Å². The van der Waals surface area contributed by atoms with Gasteiger partial charge in [-0.25, -0.2) is 0 Å². The minimum Gasteiger partial charge on any atom is -0.315 e. The van der Waals surface area contributed by atoms with E-state index in [1.165, 1.54) is 16.7 Å². The van der Waals surface area contributed by atoms with Crippen LogP contribution in [0.4, 0.5) is 0 Å². The second kappa shape index (κ2) is 6.42. The molecule has 1 rings (SSSR count). The largest absolute Gasteiger partial charge is 0.315 e. The van der Waals surface area contributed by atoms with E-state index in [0.717, 1.165) is 19.5 Å². The lowest BCUT2D eigenvalue weighted by Gasteiger charge is -2.21. The van der Waals surface area contributed by atoms with Gasteiger partial charge < -0.3 is 5.32 Å². The molecule has 17 heavy (non-hydrogen) atoms. The molecule has 0 aliphatic heterocycles. The molecule has 0 aliphatic carbocycles. The van der Waals surface area contributed by atoms with E-state index in [2.05, 4.69) is 51.2 Å². The maximum atomic E-state index is 5.64. The first kappa shape index (κ1) is 14.5. The Balaban J connectivity index is 2.70. The molecule has 0 amide bonds. The van der Waals surface area contributed by atoms with Crippen molar-refractivity contribution in [3.8, 4) is 0 Å². The van der Waals surface area contributed by atoms with E-state index in [0.29, 0.717) is 5.88 Å². The van der Waals surface area contributed by atoms with Crippen molar-refractivity contribution in [2.24, 2.45) is 0 Å². The van der Waals surface area contributed by atoms with Crippen molar-refractivity contribution in [2.75, 3.05) is 19.0 Å². The number of halogens is 1. The maximum Gasteiger partial charge on any atom is 0.0348 e.